The Bertz CT molecular complexity index is 605. The molecule has 0 radical (unpaired) electrons. The maximum atomic E-state index is 12.2. The molecule has 0 fully saturated rings. The Morgan fingerprint density at radius 1 is 1.10 bits per heavy atom. The van der Waals surface area contributed by atoms with Crippen LogP contribution in [-0.4, -0.2) is 5.91 Å². The number of halogens is 1. The van der Waals surface area contributed by atoms with Crippen LogP contribution in [0, 0.1) is 6.92 Å². The van der Waals surface area contributed by atoms with Crippen molar-refractivity contribution in [3.8, 4) is 0 Å². The predicted molar refractivity (Wildman–Crippen MR) is 85.9 cm³/mol. The number of amides is 1. The molecular weight excluding hydrogens is 314 g/mol. The van der Waals surface area contributed by atoms with E-state index in [0.29, 0.717) is 12.1 Å². The van der Waals surface area contributed by atoms with Crippen LogP contribution in [0.5, 0.6) is 0 Å². The smallest absolute Gasteiger partial charge is 0.251 e. The highest BCUT2D eigenvalue weighted by atomic mass is 79.9. The van der Waals surface area contributed by atoms with Gasteiger partial charge in [-0.05, 0) is 42.2 Å². The third-order valence-corrected chi connectivity index (χ3v) is 4.26. The van der Waals surface area contributed by atoms with Crippen molar-refractivity contribution in [2.24, 2.45) is 0 Å². The van der Waals surface area contributed by atoms with Crippen LogP contribution >= 0.6 is 15.9 Å². The second kappa shape index (κ2) is 6.71. The van der Waals surface area contributed by atoms with E-state index in [0.717, 1.165) is 22.0 Å². The van der Waals surface area contributed by atoms with E-state index in [1.54, 1.807) is 0 Å². The molecule has 0 unspecified atom stereocenters. The van der Waals surface area contributed by atoms with E-state index in [9.17, 15) is 4.79 Å². The molecule has 0 heterocycles. The van der Waals surface area contributed by atoms with Crippen LogP contribution in [0.25, 0.3) is 0 Å². The van der Waals surface area contributed by atoms with Gasteiger partial charge in [0, 0.05) is 16.6 Å². The van der Waals surface area contributed by atoms with Crippen molar-refractivity contribution in [1.29, 1.82) is 0 Å². The minimum Gasteiger partial charge on any atom is -0.348 e. The minimum atomic E-state index is -0.0385. The van der Waals surface area contributed by atoms with Gasteiger partial charge in [-0.2, -0.15) is 0 Å². The fraction of sp³-hybridized carbons (Fsp3) is 0.235. The molecule has 0 saturated carbocycles. The third kappa shape index (κ3) is 3.48. The zero-order valence-corrected chi connectivity index (χ0v) is 13.3. The molecule has 104 valence electrons. The zero-order valence-electron chi connectivity index (χ0n) is 11.7. The molecule has 0 aliphatic carbocycles. The maximum Gasteiger partial charge on any atom is 0.251 e. The fourth-order valence-electron chi connectivity index (χ4n) is 2.02. The molecule has 2 rings (SSSR count). The molecule has 0 aliphatic heterocycles. The lowest BCUT2D eigenvalue weighted by Gasteiger charge is -2.09. The molecule has 1 N–H and O–H groups in total. The highest BCUT2D eigenvalue weighted by Crippen LogP contribution is 2.19. The van der Waals surface area contributed by atoms with Gasteiger partial charge in [-0.1, -0.05) is 53.2 Å². The molecule has 2 aromatic rings. The highest BCUT2D eigenvalue weighted by molar-refractivity contribution is 9.10. The highest BCUT2D eigenvalue weighted by Gasteiger charge is 2.10. The number of rotatable bonds is 4. The van der Waals surface area contributed by atoms with Crippen LogP contribution in [0.2, 0.25) is 0 Å². The molecular formula is C17H18BrNO. The number of nitrogens with one attached hydrogen (secondary N) is 1. The molecule has 0 spiro atoms. The number of aryl methyl sites for hydroxylation is 1. The first kappa shape index (κ1) is 14.8. The number of carbonyl (C=O) groups is 1. The Hall–Kier alpha value is -1.61. The largest absolute Gasteiger partial charge is 0.348 e. The molecule has 3 heteroatoms. The lowest BCUT2D eigenvalue weighted by atomic mass is 10.1. The van der Waals surface area contributed by atoms with Crippen molar-refractivity contribution >= 4 is 21.8 Å². The molecule has 0 saturated heterocycles. The lowest BCUT2D eigenvalue weighted by molar-refractivity contribution is 0.0950. The SMILES string of the molecule is CCc1ccc(CNC(=O)c2cccc(Br)c2C)cc1. The van der Waals surface area contributed by atoms with Gasteiger partial charge in [0.1, 0.15) is 0 Å². The summed E-state index contributed by atoms with van der Waals surface area (Å²) in [7, 11) is 0. The van der Waals surface area contributed by atoms with Gasteiger partial charge in [0.05, 0.1) is 0 Å². The summed E-state index contributed by atoms with van der Waals surface area (Å²) >= 11 is 3.45. The number of carbonyl (C=O) groups excluding carboxylic acids is 1. The average molecular weight is 332 g/mol. The quantitative estimate of drug-likeness (QED) is 0.891. The first-order valence-electron chi connectivity index (χ1n) is 6.73. The molecule has 2 aromatic carbocycles. The van der Waals surface area contributed by atoms with Crippen LogP contribution in [0.3, 0.4) is 0 Å². The van der Waals surface area contributed by atoms with Gasteiger partial charge in [-0.25, -0.2) is 0 Å². The summed E-state index contributed by atoms with van der Waals surface area (Å²) in [5.74, 6) is -0.0385. The Morgan fingerprint density at radius 3 is 2.40 bits per heavy atom. The van der Waals surface area contributed by atoms with Gasteiger partial charge in [-0.3, -0.25) is 4.79 Å². The summed E-state index contributed by atoms with van der Waals surface area (Å²) in [6.07, 6.45) is 1.03. The monoisotopic (exact) mass is 331 g/mol. The Morgan fingerprint density at radius 2 is 1.75 bits per heavy atom. The average Bonchev–Trinajstić information content (AvgIpc) is 2.48. The van der Waals surface area contributed by atoms with Crippen molar-refractivity contribution in [1.82, 2.24) is 5.32 Å². The number of hydrogen-bond donors (Lipinski definition) is 1. The second-order valence-corrected chi connectivity index (χ2v) is 5.62. The van der Waals surface area contributed by atoms with Crippen LogP contribution in [0.1, 0.15) is 34.0 Å². The molecule has 0 bridgehead atoms. The summed E-state index contributed by atoms with van der Waals surface area (Å²) in [5, 5.41) is 2.96. The first-order valence-corrected chi connectivity index (χ1v) is 7.52. The third-order valence-electron chi connectivity index (χ3n) is 3.40. The summed E-state index contributed by atoms with van der Waals surface area (Å²) in [5.41, 5.74) is 4.10. The Balaban J connectivity index is 2.02. The summed E-state index contributed by atoms with van der Waals surface area (Å²) in [6.45, 7) is 4.62. The van der Waals surface area contributed by atoms with E-state index in [1.165, 1.54) is 5.56 Å². The Labute approximate surface area is 128 Å². The molecule has 2 nitrogen and oxygen atoms in total. The molecule has 0 aliphatic rings. The van der Waals surface area contributed by atoms with Crippen LogP contribution in [-0.2, 0) is 13.0 Å². The van der Waals surface area contributed by atoms with Gasteiger partial charge in [0.2, 0.25) is 0 Å². The zero-order chi connectivity index (χ0) is 14.5. The molecule has 0 aromatic heterocycles. The maximum absolute atomic E-state index is 12.2. The van der Waals surface area contributed by atoms with Crippen LogP contribution < -0.4 is 5.32 Å². The summed E-state index contributed by atoms with van der Waals surface area (Å²) in [6, 6.07) is 14.0. The van der Waals surface area contributed by atoms with Gasteiger partial charge in [-0.15, -0.1) is 0 Å². The second-order valence-electron chi connectivity index (χ2n) is 4.77. The van der Waals surface area contributed by atoms with E-state index in [2.05, 4.69) is 52.4 Å². The van der Waals surface area contributed by atoms with Gasteiger partial charge in [0.15, 0.2) is 0 Å². The van der Waals surface area contributed by atoms with Crippen molar-refractivity contribution in [3.63, 3.8) is 0 Å². The minimum absolute atomic E-state index is 0.0385. The van der Waals surface area contributed by atoms with Crippen molar-refractivity contribution in [2.45, 2.75) is 26.8 Å². The van der Waals surface area contributed by atoms with Crippen molar-refractivity contribution < 1.29 is 4.79 Å². The van der Waals surface area contributed by atoms with E-state index in [4.69, 9.17) is 0 Å². The van der Waals surface area contributed by atoms with Crippen LogP contribution in [0.15, 0.2) is 46.9 Å². The van der Waals surface area contributed by atoms with Crippen molar-refractivity contribution in [3.05, 3.63) is 69.2 Å². The van der Waals surface area contributed by atoms with Crippen molar-refractivity contribution in [2.75, 3.05) is 0 Å². The Kier molecular flexibility index (Phi) is 4.96. The van der Waals surface area contributed by atoms with Gasteiger partial charge in [0.25, 0.3) is 5.91 Å². The molecule has 1 amide bonds. The van der Waals surface area contributed by atoms with Crippen LogP contribution in [0.4, 0.5) is 0 Å². The number of benzene rings is 2. The molecule has 0 atom stereocenters. The molecule has 20 heavy (non-hydrogen) atoms. The van der Waals surface area contributed by atoms with Gasteiger partial charge >= 0.3 is 0 Å². The van der Waals surface area contributed by atoms with E-state index >= 15 is 0 Å². The van der Waals surface area contributed by atoms with E-state index in [1.807, 2.05) is 25.1 Å². The van der Waals surface area contributed by atoms with Gasteiger partial charge < -0.3 is 5.32 Å². The first-order chi connectivity index (χ1) is 9.61. The lowest BCUT2D eigenvalue weighted by Crippen LogP contribution is -2.23. The standard InChI is InChI=1S/C17H18BrNO/c1-3-13-7-9-14(10-8-13)11-19-17(20)15-5-4-6-16(18)12(15)2/h4-10H,3,11H2,1-2H3,(H,19,20). The summed E-state index contributed by atoms with van der Waals surface area (Å²) < 4.78 is 0.956. The predicted octanol–water partition coefficient (Wildman–Crippen LogP) is 4.25. The summed E-state index contributed by atoms with van der Waals surface area (Å²) in [4.78, 5) is 12.2. The fourth-order valence-corrected chi connectivity index (χ4v) is 2.39. The van der Waals surface area contributed by atoms with E-state index in [-0.39, 0.29) is 5.91 Å². The topological polar surface area (TPSA) is 29.1 Å². The normalized spacial score (nSPS) is 10.3. The number of hydrogen-bond acceptors (Lipinski definition) is 1. The van der Waals surface area contributed by atoms with E-state index < -0.39 is 0 Å².